The highest BCUT2D eigenvalue weighted by Crippen LogP contribution is 2.22. The molecule has 2 rings (SSSR count). The molecule has 0 aliphatic heterocycles. The number of nitrogens with zero attached hydrogens (tertiary/aromatic N) is 5. The Kier molecular flexibility index (Phi) is 4.00. The van der Waals surface area contributed by atoms with E-state index in [-0.39, 0.29) is 5.92 Å². The molecule has 2 aromatic rings. The molecule has 0 bridgehead atoms. The lowest BCUT2D eigenvalue weighted by atomic mass is 10.2. The molecule has 2 aromatic heterocycles. The molecule has 0 unspecified atom stereocenters. The number of hydrogen-bond donors (Lipinski definition) is 0. The monoisotopic (exact) mass is 267 g/mol. The molecule has 0 aliphatic rings. The average molecular weight is 267 g/mol. The van der Waals surface area contributed by atoms with E-state index in [1.165, 1.54) is 0 Å². The highest BCUT2D eigenvalue weighted by atomic mass is 32.2. The Labute approximate surface area is 110 Å². The van der Waals surface area contributed by atoms with Crippen LogP contribution in [0, 0.1) is 0 Å². The topological polar surface area (TPSA) is 69.6 Å². The molecule has 0 atom stereocenters. The van der Waals surface area contributed by atoms with Crippen LogP contribution in [0.1, 0.15) is 51.4 Å². The molecule has 0 amide bonds. The Morgan fingerprint density at radius 3 is 2.72 bits per heavy atom. The molecule has 0 radical (unpaired) electrons. The van der Waals surface area contributed by atoms with Gasteiger partial charge in [-0.25, -0.2) is 0 Å². The van der Waals surface area contributed by atoms with Crippen molar-refractivity contribution in [2.75, 3.05) is 0 Å². The van der Waals surface area contributed by atoms with E-state index in [4.69, 9.17) is 4.52 Å². The molecule has 0 saturated heterocycles. The fraction of sp³-hybridized carbons (Fsp3) is 0.636. The number of rotatable bonds is 5. The number of thioether (sulfide) groups is 1. The smallest absolute Gasteiger partial charge is 0.237 e. The lowest BCUT2D eigenvalue weighted by Crippen LogP contribution is -2.01. The van der Waals surface area contributed by atoms with Crippen LogP contribution >= 0.6 is 11.8 Å². The second kappa shape index (κ2) is 5.51. The maximum Gasteiger partial charge on any atom is 0.237 e. The second-order valence-electron chi connectivity index (χ2n) is 4.60. The van der Waals surface area contributed by atoms with Crippen LogP contribution in [-0.2, 0) is 5.75 Å². The molecule has 0 N–H and O–H groups in total. The highest BCUT2D eigenvalue weighted by Gasteiger charge is 2.13. The minimum Gasteiger partial charge on any atom is -0.338 e. The first-order valence-corrected chi connectivity index (χ1v) is 6.91. The predicted molar refractivity (Wildman–Crippen MR) is 68.4 cm³/mol. The van der Waals surface area contributed by atoms with Gasteiger partial charge in [0.05, 0.1) is 5.75 Å². The Morgan fingerprint density at radius 2 is 2.11 bits per heavy atom. The molecule has 0 spiro atoms. The summed E-state index contributed by atoms with van der Waals surface area (Å²) in [5.41, 5.74) is 0. The van der Waals surface area contributed by atoms with Gasteiger partial charge in [-0.2, -0.15) is 4.98 Å². The summed E-state index contributed by atoms with van der Waals surface area (Å²) in [7, 11) is 0. The van der Waals surface area contributed by atoms with Crippen molar-refractivity contribution in [3.05, 3.63) is 18.0 Å². The van der Waals surface area contributed by atoms with Gasteiger partial charge in [-0.1, -0.05) is 30.8 Å². The van der Waals surface area contributed by atoms with E-state index in [9.17, 15) is 0 Å². The minimum atomic E-state index is 0.284. The van der Waals surface area contributed by atoms with Gasteiger partial charge in [0.1, 0.15) is 6.33 Å². The van der Waals surface area contributed by atoms with Crippen LogP contribution in [-0.4, -0.2) is 24.9 Å². The van der Waals surface area contributed by atoms with Crippen molar-refractivity contribution in [3.8, 4) is 0 Å². The van der Waals surface area contributed by atoms with E-state index < -0.39 is 0 Å². The maximum absolute atomic E-state index is 5.19. The lowest BCUT2D eigenvalue weighted by molar-refractivity contribution is 0.382. The molecule has 0 aromatic carbocycles. The first kappa shape index (κ1) is 13.1. The Balaban J connectivity index is 2.00. The summed E-state index contributed by atoms with van der Waals surface area (Å²) in [6.45, 7) is 8.27. The quantitative estimate of drug-likeness (QED) is 0.776. The summed E-state index contributed by atoms with van der Waals surface area (Å²) in [5, 5.41) is 12.8. The van der Waals surface area contributed by atoms with Gasteiger partial charge >= 0.3 is 0 Å². The minimum absolute atomic E-state index is 0.284. The zero-order valence-corrected chi connectivity index (χ0v) is 11.8. The third kappa shape index (κ3) is 2.90. The van der Waals surface area contributed by atoms with E-state index in [1.54, 1.807) is 18.1 Å². The third-order valence-electron chi connectivity index (χ3n) is 2.42. The van der Waals surface area contributed by atoms with E-state index >= 15 is 0 Å². The van der Waals surface area contributed by atoms with Crippen LogP contribution in [0.3, 0.4) is 0 Å². The van der Waals surface area contributed by atoms with E-state index in [0.29, 0.717) is 17.7 Å². The molecule has 18 heavy (non-hydrogen) atoms. The highest BCUT2D eigenvalue weighted by molar-refractivity contribution is 7.98. The first-order valence-electron chi connectivity index (χ1n) is 5.92. The summed E-state index contributed by atoms with van der Waals surface area (Å²) in [6, 6.07) is 0.344. The summed E-state index contributed by atoms with van der Waals surface area (Å²) < 4.78 is 7.20. The van der Waals surface area contributed by atoms with Crippen molar-refractivity contribution in [1.82, 2.24) is 24.9 Å². The van der Waals surface area contributed by atoms with Crippen molar-refractivity contribution in [2.24, 2.45) is 0 Å². The molecule has 6 nitrogen and oxygen atoms in total. The summed E-state index contributed by atoms with van der Waals surface area (Å²) in [6.07, 6.45) is 1.74. The molecule has 98 valence electrons. The van der Waals surface area contributed by atoms with Gasteiger partial charge in [0, 0.05) is 12.0 Å². The molecular formula is C11H17N5OS. The summed E-state index contributed by atoms with van der Waals surface area (Å²) in [4.78, 5) is 4.33. The van der Waals surface area contributed by atoms with Crippen LogP contribution in [0.15, 0.2) is 16.0 Å². The average Bonchev–Trinajstić information content (AvgIpc) is 2.95. The molecule has 7 heteroatoms. The molecule has 0 aliphatic carbocycles. The summed E-state index contributed by atoms with van der Waals surface area (Å²) in [5.74, 6) is 2.27. The van der Waals surface area contributed by atoms with Gasteiger partial charge in [0.15, 0.2) is 11.0 Å². The zero-order valence-electron chi connectivity index (χ0n) is 11.0. The van der Waals surface area contributed by atoms with Crippen LogP contribution in [0.5, 0.6) is 0 Å². The largest absolute Gasteiger partial charge is 0.338 e. The van der Waals surface area contributed by atoms with E-state index in [1.807, 2.05) is 18.4 Å². The lowest BCUT2D eigenvalue weighted by Gasteiger charge is -2.07. The normalized spacial score (nSPS) is 11.7. The van der Waals surface area contributed by atoms with Gasteiger partial charge in [-0.3, -0.25) is 0 Å². The zero-order chi connectivity index (χ0) is 13.1. The van der Waals surface area contributed by atoms with Crippen molar-refractivity contribution in [2.45, 2.75) is 50.6 Å². The molecule has 0 fully saturated rings. The maximum atomic E-state index is 5.19. The van der Waals surface area contributed by atoms with E-state index in [0.717, 1.165) is 11.0 Å². The van der Waals surface area contributed by atoms with Gasteiger partial charge in [0.25, 0.3) is 0 Å². The van der Waals surface area contributed by atoms with Crippen molar-refractivity contribution in [3.63, 3.8) is 0 Å². The van der Waals surface area contributed by atoms with Crippen molar-refractivity contribution in [1.29, 1.82) is 0 Å². The number of hydrogen-bond acceptors (Lipinski definition) is 6. The third-order valence-corrected chi connectivity index (χ3v) is 3.36. The van der Waals surface area contributed by atoms with Crippen molar-refractivity contribution < 1.29 is 4.52 Å². The van der Waals surface area contributed by atoms with Crippen LogP contribution < -0.4 is 0 Å². The molecular weight excluding hydrogens is 250 g/mol. The fourth-order valence-corrected chi connectivity index (χ4v) is 2.26. The second-order valence-corrected chi connectivity index (χ2v) is 5.55. The first-order chi connectivity index (χ1) is 8.58. The summed E-state index contributed by atoms with van der Waals surface area (Å²) >= 11 is 1.55. The van der Waals surface area contributed by atoms with Gasteiger partial charge in [-0.05, 0) is 13.8 Å². The fourth-order valence-electron chi connectivity index (χ4n) is 1.38. The SMILES string of the molecule is CC(C)c1noc(CSc2nncn2C(C)C)n1. The van der Waals surface area contributed by atoms with Crippen LogP contribution in [0.2, 0.25) is 0 Å². The van der Waals surface area contributed by atoms with Crippen LogP contribution in [0.4, 0.5) is 0 Å². The van der Waals surface area contributed by atoms with E-state index in [2.05, 4.69) is 34.2 Å². The van der Waals surface area contributed by atoms with Crippen LogP contribution in [0.25, 0.3) is 0 Å². The Morgan fingerprint density at radius 1 is 1.33 bits per heavy atom. The molecule has 0 saturated carbocycles. The van der Waals surface area contributed by atoms with Gasteiger partial charge in [-0.15, -0.1) is 10.2 Å². The van der Waals surface area contributed by atoms with Gasteiger partial charge in [0.2, 0.25) is 5.89 Å². The Bertz CT molecular complexity index is 505. The standard InChI is InChI=1S/C11H17N5OS/c1-7(2)10-13-9(17-15-10)5-18-11-14-12-6-16(11)8(3)4/h6-8H,5H2,1-4H3. The number of aromatic nitrogens is 5. The van der Waals surface area contributed by atoms with Crippen molar-refractivity contribution >= 4 is 11.8 Å². The Hall–Kier alpha value is -1.37. The molecule has 2 heterocycles. The van der Waals surface area contributed by atoms with Gasteiger partial charge < -0.3 is 9.09 Å². The predicted octanol–water partition coefficient (Wildman–Crippen LogP) is 2.66.